The van der Waals surface area contributed by atoms with Crippen LogP contribution >= 0.6 is 0 Å². The van der Waals surface area contributed by atoms with Crippen molar-refractivity contribution in [1.82, 2.24) is 0 Å². The van der Waals surface area contributed by atoms with E-state index in [9.17, 15) is 13.9 Å². The van der Waals surface area contributed by atoms with Gasteiger partial charge in [0, 0.05) is 5.56 Å². The van der Waals surface area contributed by atoms with E-state index in [1.54, 1.807) is 24.3 Å². The number of unbranched alkanes of at least 4 members (excludes halogenated alkanes) is 4. The summed E-state index contributed by atoms with van der Waals surface area (Å²) in [5.41, 5.74) is 1.23. The van der Waals surface area contributed by atoms with Crippen molar-refractivity contribution in [3.8, 4) is 16.9 Å². The van der Waals surface area contributed by atoms with E-state index < -0.39 is 11.6 Å². The molecule has 22 heavy (non-hydrogen) atoms. The normalized spacial score (nSPS) is 10.9. The summed E-state index contributed by atoms with van der Waals surface area (Å²) in [4.78, 5) is 0. The van der Waals surface area contributed by atoms with E-state index in [1.807, 2.05) is 0 Å². The third-order valence-electron chi connectivity index (χ3n) is 3.89. The fraction of sp³-hybridized carbons (Fsp3) is 0.368. The van der Waals surface area contributed by atoms with Crippen LogP contribution in [-0.2, 0) is 6.42 Å². The largest absolute Gasteiger partial charge is 0.508 e. The smallest absolute Gasteiger partial charge is 0.166 e. The Kier molecular flexibility index (Phi) is 5.93. The van der Waals surface area contributed by atoms with E-state index in [0.29, 0.717) is 17.5 Å². The van der Waals surface area contributed by atoms with Crippen LogP contribution in [-0.4, -0.2) is 5.11 Å². The fourth-order valence-electron chi connectivity index (χ4n) is 2.57. The number of hydrogen-bond acceptors (Lipinski definition) is 1. The molecular formula is C19H22F2O. The molecule has 0 aliphatic heterocycles. The summed E-state index contributed by atoms with van der Waals surface area (Å²) in [7, 11) is 0. The molecule has 0 radical (unpaired) electrons. The van der Waals surface area contributed by atoms with Crippen molar-refractivity contribution in [2.24, 2.45) is 0 Å². The first-order valence-corrected chi connectivity index (χ1v) is 7.89. The minimum Gasteiger partial charge on any atom is -0.508 e. The number of hydrogen-bond donors (Lipinski definition) is 1. The van der Waals surface area contributed by atoms with Gasteiger partial charge >= 0.3 is 0 Å². The first kappa shape index (κ1) is 16.5. The Balaban J connectivity index is 2.10. The Morgan fingerprint density at radius 3 is 2.18 bits per heavy atom. The molecule has 118 valence electrons. The second kappa shape index (κ2) is 7.92. The maximum Gasteiger partial charge on any atom is 0.166 e. The lowest BCUT2D eigenvalue weighted by Crippen LogP contribution is -1.97. The van der Waals surface area contributed by atoms with Gasteiger partial charge < -0.3 is 5.11 Å². The Labute approximate surface area is 130 Å². The molecule has 0 heterocycles. The summed E-state index contributed by atoms with van der Waals surface area (Å²) in [6.07, 6.45) is 6.01. The van der Waals surface area contributed by atoms with Crippen LogP contribution in [0.2, 0.25) is 0 Å². The maximum absolute atomic E-state index is 14.2. The number of halogens is 2. The molecule has 0 aliphatic rings. The van der Waals surface area contributed by atoms with Crippen molar-refractivity contribution in [2.75, 3.05) is 0 Å². The Hall–Kier alpha value is -1.90. The van der Waals surface area contributed by atoms with Crippen LogP contribution < -0.4 is 0 Å². The predicted molar refractivity (Wildman–Crippen MR) is 85.9 cm³/mol. The Bertz CT molecular complexity index is 606. The summed E-state index contributed by atoms with van der Waals surface area (Å²) in [6.45, 7) is 2.15. The van der Waals surface area contributed by atoms with Crippen LogP contribution in [0.25, 0.3) is 11.1 Å². The van der Waals surface area contributed by atoms with E-state index in [-0.39, 0.29) is 11.3 Å². The number of benzene rings is 2. The van der Waals surface area contributed by atoms with Crippen molar-refractivity contribution < 1.29 is 13.9 Å². The van der Waals surface area contributed by atoms with E-state index in [1.165, 1.54) is 25.0 Å². The van der Waals surface area contributed by atoms with Gasteiger partial charge in [0.2, 0.25) is 0 Å². The van der Waals surface area contributed by atoms with Crippen LogP contribution in [0, 0.1) is 11.6 Å². The lowest BCUT2D eigenvalue weighted by Gasteiger charge is -2.09. The highest BCUT2D eigenvalue weighted by Crippen LogP contribution is 2.28. The second-order valence-corrected chi connectivity index (χ2v) is 5.61. The van der Waals surface area contributed by atoms with E-state index >= 15 is 0 Å². The molecule has 2 rings (SSSR count). The van der Waals surface area contributed by atoms with Gasteiger partial charge in [-0.25, -0.2) is 8.78 Å². The third-order valence-corrected chi connectivity index (χ3v) is 3.89. The Morgan fingerprint density at radius 2 is 1.50 bits per heavy atom. The van der Waals surface area contributed by atoms with Crippen molar-refractivity contribution in [3.05, 3.63) is 53.6 Å². The molecule has 0 fully saturated rings. The first-order chi connectivity index (χ1) is 10.6. The molecule has 0 unspecified atom stereocenters. The molecule has 0 saturated carbocycles. The van der Waals surface area contributed by atoms with Gasteiger partial charge in [-0.15, -0.1) is 0 Å². The van der Waals surface area contributed by atoms with Crippen molar-refractivity contribution >= 4 is 0 Å². The molecule has 0 spiro atoms. The predicted octanol–water partition coefficient (Wildman–Crippen LogP) is 5.85. The standard InChI is InChI=1S/C19H22F2O/c1-2-3-4-5-6-7-15-10-13-17(19(21)18(15)20)14-8-11-16(22)12-9-14/h8-13,22H,2-7H2,1H3. The Morgan fingerprint density at radius 1 is 0.818 bits per heavy atom. The van der Waals surface area contributed by atoms with E-state index in [0.717, 1.165) is 19.3 Å². The van der Waals surface area contributed by atoms with Crippen molar-refractivity contribution in [3.63, 3.8) is 0 Å². The van der Waals surface area contributed by atoms with Gasteiger partial charge in [-0.3, -0.25) is 0 Å². The highest BCUT2D eigenvalue weighted by molar-refractivity contribution is 5.65. The lowest BCUT2D eigenvalue weighted by atomic mass is 9.99. The zero-order valence-corrected chi connectivity index (χ0v) is 12.9. The van der Waals surface area contributed by atoms with Crippen LogP contribution in [0.4, 0.5) is 8.78 Å². The summed E-state index contributed by atoms with van der Waals surface area (Å²) in [5.74, 6) is -1.45. The van der Waals surface area contributed by atoms with Crippen molar-refractivity contribution in [2.45, 2.75) is 45.4 Å². The molecule has 0 atom stereocenters. The number of phenols is 1. The zero-order chi connectivity index (χ0) is 15.9. The lowest BCUT2D eigenvalue weighted by molar-refractivity contribution is 0.475. The molecule has 1 N–H and O–H groups in total. The van der Waals surface area contributed by atoms with Gasteiger partial charge in [0.1, 0.15) is 5.75 Å². The van der Waals surface area contributed by atoms with Gasteiger partial charge in [-0.1, -0.05) is 56.9 Å². The summed E-state index contributed by atoms with van der Waals surface area (Å²) >= 11 is 0. The van der Waals surface area contributed by atoms with Crippen LogP contribution in [0.1, 0.15) is 44.6 Å². The number of rotatable bonds is 7. The van der Waals surface area contributed by atoms with Gasteiger partial charge in [-0.05, 0) is 36.1 Å². The molecule has 0 saturated heterocycles. The van der Waals surface area contributed by atoms with Crippen LogP contribution in [0.3, 0.4) is 0 Å². The van der Waals surface area contributed by atoms with Crippen LogP contribution in [0.5, 0.6) is 5.75 Å². The zero-order valence-electron chi connectivity index (χ0n) is 12.9. The van der Waals surface area contributed by atoms with E-state index in [2.05, 4.69) is 6.92 Å². The topological polar surface area (TPSA) is 20.2 Å². The molecule has 1 nitrogen and oxygen atoms in total. The number of aromatic hydroxyl groups is 1. The minimum absolute atomic E-state index is 0.105. The van der Waals surface area contributed by atoms with Crippen LogP contribution in [0.15, 0.2) is 36.4 Å². The summed E-state index contributed by atoms with van der Waals surface area (Å²) in [5, 5.41) is 9.26. The minimum atomic E-state index is -0.809. The average molecular weight is 304 g/mol. The summed E-state index contributed by atoms with van der Waals surface area (Å²) in [6, 6.07) is 9.38. The maximum atomic E-state index is 14.2. The monoisotopic (exact) mass is 304 g/mol. The highest BCUT2D eigenvalue weighted by Gasteiger charge is 2.14. The SMILES string of the molecule is CCCCCCCc1ccc(-c2ccc(O)cc2)c(F)c1F. The highest BCUT2D eigenvalue weighted by atomic mass is 19.2. The number of phenolic OH excluding ortho intramolecular Hbond substituents is 1. The molecule has 2 aromatic carbocycles. The first-order valence-electron chi connectivity index (χ1n) is 7.89. The van der Waals surface area contributed by atoms with Gasteiger partial charge in [0.05, 0.1) is 0 Å². The molecule has 0 bridgehead atoms. The van der Waals surface area contributed by atoms with Gasteiger partial charge in [0.15, 0.2) is 11.6 Å². The molecule has 2 aromatic rings. The van der Waals surface area contributed by atoms with Crippen molar-refractivity contribution in [1.29, 1.82) is 0 Å². The van der Waals surface area contributed by atoms with E-state index in [4.69, 9.17) is 0 Å². The molecule has 0 amide bonds. The average Bonchev–Trinajstić information content (AvgIpc) is 2.52. The van der Waals surface area contributed by atoms with Gasteiger partial charge in [-0.2, -0.15) is 0 Å². The molecule has 0 aromatic heterocycles. The number of aryl methyl sites for hydroxylation is 1. The van der Waals surface area contributed by atoms with Gasteiger partial charge in [0.25, 0.3) is 0 Å². The molecule has 3 heteroatoms. The quantitative estimate of drug-likeness (QED) is 0.636. The molecular weight excluding hydrogens is 282 g/mol. The molecule has 0 aliphatic carbocycles. The third kappa shape index (κ3) is 4.06. The fourth-order valence-corrected chi connectivity index (χ4v) is 2.57. The summed E-state index contributed by atoms with van der Waals surface area (Å²) < 4.78 is 28.4. The second-order valence-electron chi connectivity index (χ2n) is 5.61.